The average molecular weight is 379 g/mol. The van der Waals surface area contributed by atoms with E-state index in [2.05, 4.69) is 5.32 Å². The molecular formula is C22H21NO5. The van der Waals surface area contributed by atoms with Crippen LogP contribution in [-0.2, 0) is 9.53 Å². The maximum Gasteiger partial charge on any atom is 0.329 e. The van der Waals surface area contributed by atoms with Crippen LogP contribution in [0.1, 0.15) is 34.8 Å². The zero-order chi connectivity index (χ0) is 20.1. The van der Waals surface area contributed by atoms with Crippen LogP contribution in [0.5, 0.6) is 0 Å². The van der Waals surface area contributed by atoms with Crippen LogP contribution in [0.2, 0.25) is 0 Å². The molecule has 0 bridgehead atoms. The Balaban J connectivity index is 1.62. The van der Waals surface area contributed by atoms with Gasteiger partial charge in [-0.05, 0) is 30.2 Å². The van der Waals surface area contributed by atoms with Gasteiger partial charge in [0.1, 0.15) is 11.6 Å². The molecule has 0 saturated heterocycles. The molecule has 28 heavy (non-hydrogen) atoms. The van der Waals surface area contributed by atoms with Crippen molar-refractivity contribution in [3.05, 3.63) is 72.0 Å². The Hall–Kier alpha value is -3.41. The lowest BCUT2D eigenvalue weighted by Crippen LogP contribution is -2.45. The maximum atomic E-state index is 12.4. The van der Waals surface area contributed by atoms with Gasteiger partial charge in [-0.25, -0.2) is 4.79 Å². The summed E-state index contributed by atoms with van der Waals surface area (Å²) in [5, 5.41) is 3.47. The smallest absolute Gasteiger partial charge is 0.329 e. The van der Waals surface area contributed by atoms with Crippen LogP contribution in [0, 0.1) is 5.92 Å². The summed E-state index contributed by atoms with van der Waals surface area (Å²) in [6.07, 6.45) is 0. The van der Waals surface area contributed by atoms with Crippen molar-refractivity contribution in [2.45, 2.75) is 19.9 Å². The maximum absolute atomic E-state index is 12.4. The zero-order valence-electron chi connectivity index (χ0n) is 15.7. The van der Waals surface area contributed by atoms with Crippen LogP contribution in [-0.4, -0.2) is 30.3 Å². The van der Waals surface area contributed by atoms with Crippen LogP contribution in [0.4, 0.5) is 0 Å². The number of Topliss-reactive ketones (excluding diaryl/α,β-unsaturated/α-hetero) is 1. The van der Waals surface area contributed by atoms with E-state index in [0.717, 1.165) is 5.39 Å². The Bertz CT molecular complexity index is 957. The van der Waals surface area contributed by atoms with Gasteiger partial charge in [0.15, 0.2) is 12.4 Å². The van der Waals surface area contributed by atoms with Gasteiger partial charge in [-0.15, -0.1) is 0 Å². The Labute approximate surface area is 162 Å². The quantitative estimate of drug-likeness (QED) is 0.501. The SMILES string of the molecule is CC(C)[C@H](NC(=O)c1ccccc1)C(=O)OCC(=O)c1cc2ccccc2o1. The van der Waals surface area contributed by atoms with Gasteiger partial charge < -0.3 is 14.5 Å². The summed E-state index contributed by atoms with van der Waals surface area (Å²) in [7, 11) is 0. The van der Waals surface area contributed by atoms with Crippen molar-refractivity contribution in [2.75, 3.05) is 6.61 Å². The fourth-order valence-corrected chi connectivity index (χ4v) is 2.73. The van der Waals surface area contributed by atoms with E-state index in [4.69, 9.17) is 9.15 Å². The second-order valence-corrected chi connectivity index (χ2v) is 6.74. The monoisotopic (exact) mass is 379 g/mol. The topological polar surface area (TPSA) is 85.6 Å². The summed E-state index contributed by atoms with van der Waals surface area (Å²) >= 11 is 0. The Kier molecular flexibility index (Phi) is 5.89. The van der Waals surface area contributed by atoms with Gasteiger partial charge >= 0.3 is 5.97 Å². The first-order valence-electron chi connectivity index (χ1n) is 9.00. The fourth-order valence-electron chi connectivity index (χ4n) is 2.73. The Morgan fingerprint density at radius 2 is 1.68 bits per heavy atom. The third kappa shape index (κ3) is 4.46. The van der Waals surface area contributed by atoms with E-state index >= 15 is 0 Å². The highest BCUT2D eigenvalue weighted by Crippen LogP contribution is 2.19. The van der Waals surface area contributed by atoms with E-state index in [1.54, 1.807) is 56.3 Å². The number of hydrogen-bond donors (Lipinski definition) is 1. The van der Waals surface area contributed by atoms with Crippen molar-refractivity contribution in [3.63, 3.8) is 0 Å². The lowest BCUT2D eigenvalue weighted by Gasteiger charge is -2.20. The standard InChI is InChI=1S/C22H21NO5/c1-14(2)20(23-21(25)15-8-4-3-5-9-15)22(26)27-13-17(24)19-12-16-10-6-7-11-18(16)28-19/h3-12,14,20H,13H2,1-2H3,(H,23,25)/t20-/m0/s1. The van der Waals surface area contributed by atoms with Gasteiger partial charge in [0.25, 0.3) is 5.91 Å². The number of carbonyl (C=O) groups excluding carboxylic acids is 3. The van der Waals surface area contributed by atoms with Crippen LogP contribution < -0.4 is 5.32 Å². The van der Waals surface area contributed by atoms with Gasteiger partial charge in [0, 0.05) is 10.9 Å². The van der Waals surface area contributed by atoms with Crippen LogP contribution in [0.15, 0.2) is 65.1 Å². The number of rotatable bonds is 7. The summed E-state index contributed by atoms with van der Waals surface area (Å²) < 4.78 is 10.6. The average Bonchev–Trinajstić information content (AvgIpc) is 3.14. The van der Waals surface area contributed by atoms with Crippen LogP contribution in [0.3, 0.4) is 0 Å². The number of hydrogen-bond acceptors (Lipinski definition) is 5. The molecule has 1 atom stereocenters. The zero-order valence-corrected chi connectivity index (χ0v) is 15.7. The Morgan fingerprint density at radius 1 is 1.00 bits per heavy atom. The minimum Gasteiger partial charge on any atom is -0.456 e. The van der Waals surface area contributed by atoms with E-state index in [-0.39, 0.29) is 17.6 Å². The van der Waals surface area contributed by atoms with E-state index in [9.17, 15) is 14.4 Å². The number of ketones is 1. The third-order valence-corrected chi connectivity index (χ3v) is 4.29. The molecule has 0 saturated carbocycles. The summed E-state index contributed by atoms with van der Waals surface area (Å²) in [4.78, 5) is 37.1. The Morgan fingerprint density at radius 3 is 2.36 bits per heavy atom. The van der Waals surface area contributed by atoms with Crippen molar-refractivity contribution in [1.29, 1.82) is 0 Å². The minimum absolute atomic E-state index is 0.128. The van der Waals surface area contributed by atoms with Crippen molar-refractivity contribution in [3.8, 4) is 0 Å². The van der Waals surface area contributed by atoms with E-state index < -0.39 is 24.4 Å². The highest BCUT2D eigenvalue weighted by molar-refractivity contribution is 6.00. The molecule has 0 spiro atoms. The second kappa shape index (κ2) is 8.52. The van der Waals surface area contributed by atoms with Crippen molar-refractivity contribution in [1.82, 2.24) is 5.32 Å². The molecular weight excluding hydrogens is 358 g/mol. The first-order chi connectivity index (χ1) is 13.5. The summed E-state index contributed by atoms with van der Waals surface area (Å²) in [6.45, 7) is 3.12. The van der Waals surface area contributed by atoms with Gasteiger partial charge in [0.05, 0.1) is 0 Å². The highest BCUT2D eigenvalue weighted by Gasteiger charge is 2.27. The largest absolute Gasteiger partial charge is 0.456 e. The molecule has 6 nitrogen and oxygen atoms in total. The molecule has 0 fully saturated rings. The summed E-state index contributed by atoms with van der Waals surface area (Å²) in [5.74, 6) is -1.56. The molecule has 0 aliphatic carbocycles. The molecule has 3 aromatic rings. The van der Waals surface area contributed by atoms with E-state index in [1.807, 2.05) is 18.2 Å². The van der Waals surface area contributed by atoms with Crippen LogP contribution in [0.25, 0.3) is 11.0 Å². The van der Waals surface area contributed by atoms with Crippen molar-refractivity contribution in [2.24, 2.45) is 5.92 Å². The number of amides is 1. The number of para-hydroxylation sites is 1. The van der Waals surface area contributed by atoms with E-state index in [0.29, 0.717) is 11.1 Å². The molecule has 6 heteroatoms. The number of esters is 1. The number of fused-ring (bicyclic) bond motifs is 1. The second-order valence-electron chi connectivity index (χ2n) is 6.74. The van der Waals surface area contributed by atoms with Crippen molar-refractivity contribution < 1.29 is 23.5 Å². The predicted octanol–water partition coefficient (Wildman–Crippen LogP) is 3.61. The summed E-state index contributed by atoms with van der Waals surface area (Å²) in [5.41, 5.74) is 1.03. The molecule has 144 valence electrons. The fraction of sp³-hybridized carbons (Fsp3) is 0.227. The molecule has 2 aromatic carbocycles. The minimum atomic E-state index is -0.865. The number of ether oxygens (including phenoxy) is 1. The number of furan rings is 1. The molecule has 1 heterocycles. The molecule has 0 radical (unpaired) electrons. The molecule has 0 unspecified atom stereocenters. The van der Waals surface area contributed by atoms with Gasteiger partial charge in [-0.1, -0.05) is 50.2 Å². The van der Waals surface area contributed by atoms with Gasteiger partial charge in [-0.3, -0.25) is 9.59 Å². The van der Waals surface area contributed by atoms with E-state index in [1.165, 1.54) is 0 Å². The number of nitrogens with one attached hydrogen (secondary N) is 1. The molecule has 1 aromatic heterocycles. The predicted molar refractivity (Wildman–Crippen MR) is 104 cm³/mol. The normalized spacial score (nSPS) is 12.0. The van der Waals surface area contributed by atoms with Gasteiger partial charge in [-0.2, -0.15) is 0 Å². The number of benzene rings is 2. The first-order valence-corrected chi connectivity index (χ1v) is 9.00. The molecule has 1 N–H and O–H groups in total. The third-order valence-electron chi connectivity index (χ3n) is 4.29. The molecule has 1 amide bonds. The molecule has 0 aliphatic rings. The van der Waals surface area contributed by atoms with Gasteiger partial charge in [0.2, 0.25) is 5.78 Å². The van der Waals surface area contributed by atoms with Crippen LogP contribution >= 0.6 is 0 Å². The first kappa shape index (κ1) is 19.4. The highest BCUT2D eigenvalue weighted by atomic mass is 16.5. The lowest BCUT2D eigenvalue weighted by molar-refractivity contribution is -0.146. The molecule has 3 rings (SSSR count). The van der Waals surface area contributed by atoms with Crippen molar-refractivity contribution >= 4 is 28.6 Å². The molecule has 0 aliphatic heterocycles. The number of carbonyl (C=O) groups is 3. The lowest BCUT2D eigenvalue weighted by atomic mass is 10.0. The summed E-state index contributed by atoms with van der Waals surface area (Å²) in [6, 6.07) is 16.6.